The van der Waals surface area contributed by atoms with E-state index in [1.54, 1.807) is 0 Å². The number of hydrogen-bond donors (Lipinski definition) is 0. The molecule has 0 aromatic heterocycles. The zero-order chi connectivity index (χ0) is 18.1. The molecule has 0 bridgehead atoms. The lowest BCUT2D eigenvalue weighted by Crippen LogP contribution is -2.08. The van der Waals surface area contributed by atoms with Crippen LogP contribution in [-0.2, 0) is 19.1 Å². The Balaban J connectivity index is 1.73. The van der Waals surface area contributed by atoms with Crippen LogP contribution in [0.1, 0.15) is 71.1 Å². The van der Waals surface area contributed by atoms with E-state index in [1.807, 2.05) is 0 Å². The van der Waals surface area contributed by atoms with Crippen LogP contribution in [0, 0.1) is 5.92 Å². The number of ether oxygens (including phenoxy) is 2. The molecular weight excluding hydrogens is 316 g/mol. The highest BCUT2D eigenvalue weighted by molar-refractivity contribution is 6.14. The van der Waals surface area contributed by atoms with E-state index in [-0.39, 0.29) is 17.7 Å². The highest BCUT2D eigenvalue weighted by atomic mass is 16.6. The van der Waals surface area contributed by atoms with E-state index in [9.17, 15) is 9.59 Å². The van der Waals surface area contributed by atoms with Crippen LogP contribution in [-0.4, -0.2) is 18.9 Å². The molecule has 0 radical (unpaired) electrons. The van der Waals surface area contributed by atoms with Crippen molar-refractivity contribution < 1.29 is 19.1 Å². The third-order valence-electron chi connectivity index (χ3n) is 4.71. The number of carbonyl (C=O) groups excluding carboxylic acids is 2. The van der Waals surface area contributed by atoms with E-state index < -0.39 is 0 Å². The van der Waals surface area contributed by atoms with Crippen LogP contribution < -0.4 is 0 Å². The van der Waals surface area contributed by atoms with Gasteiger partial charge in [-0.15, -0.1) is 0 Å². The minimum absolute atomic E-state index is 0.0312. The van der Waals surface area contributed by atoms with Crippen LogP contribution in [0.2, 0.25) is 0 Å². The van der Waals surface area contributed by atoms with Gasteiger partial charge in [0.1, 0.15) is 0 Å². The van der Waals surface area contributed by atoms with Crippen LogP contribution >= 0.6 is 0 Å². The molecule has 0 saturated heterocycles. The van der Waals surface area contributed by atoms with Crippen molar-refractivity contribution in [1.82, 2.24) is 0 Å². The van der Waals surface area contributed by atoms with E-state index in [0.29, 0.717) is 12.2 Å². The Morgan fingerprint density at radius 2 is 1.88 bits per heavy atom. The summed E-state index contributed by atoms with van der Waals surface area (Å²) in [4.78, 5) is 23.3. The average molecular weight is 346 g/mol. The third kappa shape index (κ3) is 5.87. The molecule has 0 amide bonds. The average Bonchev–Trinajstić information content (AvgIpc) is 3.36. The first-order valence-electron chi connectivity index (χ1n) is 9.59. The van der Waals surface area contributed by atoms with Crippen molar-refractivity contribution in [3.8, 4) is 0 Å². The fraction of sp³-hybridized carbons (Fsp3) is 0.619. The minimum atomic E-state index is -0.154. The van der Waals surface area contributed by atoms with Gasteiger partial charge in [-0.3, -0.25) is 9.59 Å². The summed E-state index contributed by atoms with van der Waals surface area (Å²) >= 11 is 0. The monoisotopic (exact) mass is 346 g/mol. The molecule has 1 atom stereocenters. The number of allylic oxidation sites excluding steroid dienone is 4. The number of carbonyl (C=O) groups is 2. The number of rotatable bonds is 12. The van der Waals surface area contributed by atoms with E-state index in [2.05, 4.69) is 29.9 Å². The molecule has 25 heavy (non-hydrogen) atoms. The second kappa shape index (κ2) is 10.2. The number of Topliss-reactive ketones (excluding diaryl/α,β-unsaturated/α-hetero) is 1. The summed E-state index contributed by atoms with van der Waals surface area (Å²) < 4.78 is 9.96. The minimum Gasteiger partial charge on any atom is -0.469 e. The zero-order valence-corrected chi connectivity index (χ0v) is 15.5. The fourth-order valence-electron chi connectivity index (χ4n) is 3.14. The Morgan fingerprint density at radius 3 is 2.64 bits per heavy atom. The van der Waals surface area contributed by atoms with Gasteiger partial charge >= 0.3 is 5.97 Å². The molecule has 2 rings (SSSR count). The molecule has 0 fully saturated rings. The highest BCUT2D eigenvalue weighted by Gasteiger charge is 2.48. The van der Waals surface area contributed by atoms with Gasteiger partial charge < -0.3 is 9.47 Å². The number of hydrogen-bond acceptors (Lipinski definition) is 4. The number of esters is 1. The Bertz CT molecular complexity index is 568. The summed E-state index contributed by atoms with van der Waals surface area (Å²) in [6.07, 6.45) is 16.6. The largest absolute Gasteiger partial charge is 0.469 e. The normalized spacial score (nSPS) is 20.3. The topological polar surface area (TPSA) is 55.9 Å². The third-order valence-corrected chi connectivity index (χ3v) is 4.71. The van der Waals surface area contributed by atoms with E-state index >= 15 is 0 Å². The van der Waals surface area contributed by atoms with Crippen molar-refractivity contribution in [1.29, 1.82) is 0 Å². The summed E-state index contributed by atoms with van der Waals surface area (Å²) in [7, 11) is 1.42. The van der Waals surface area contributed by atoms with Gasteiger partial charge in [-0.1, -0.05) is 50.8 Å². The van der Waals surface area contributed by atoms with Gasteiger partial charge in [0.05, 0.1) is 13.0 Å². The molecule has 0 saturated carbocycles. The van der Waals surface area contributed by atoms with Gasteiger partial charge in [0, 0.05) is 12.0 Å². The molecular formula is C21H30O4. The Labute approximate surface area is 151 Å². The lowest BCUT2D eigenvalue weighted by Gasteiger charge is -2.09. The molecule has 4 nitrogen and oxygen atoms in total. The smallest absolute Gasteiger partial charge is 0.305 e. The molecule has 0 spiro atoms. The van der Waals surface area contributed by atoms with Gasteiger partial charge in [-0.2, -0.15) is 0 Å². The summed E-state index contributed by atoms with van der Waals surface area (Å²) in [5, 5.41) is 0. The Kier molecular flexibility index (Phi) is 7.96. The summed E-state index contributed by atoms with van der Waals surface area (Å²) in [5.41, 5.74) is 0.869. The van der Waals surface area contributed by atoms with Crippen molar-refractivity contribution in [2.24, 2.45) is 5.92 Å². The van der Waals surface area contributed by atoms with Crippen molar-refractivity contribution in [3.63, 3.8) is 0 Å². The second-order valence-corrected chi connectivity index (χ2v) is 6.71. The highest BCUT2D eigenvalue weighted by Crippen LogP contribution is 2.47. The van der Waals surface area contributed by atoms with Crippen LogP contribution in [0.15, 0.2) is 35.3 Å². The number of ketones is 1. The van der Waals surface area contributed by atoms with Crippen LogP contribution in [0.4, 0.5) is 0 Å². The molecule has 4 heteroatoms. The number of methoxy groups -OCH3 is 1. The zero-order valence-electron chi connectivity index (χ0n) is 15.5. The summed E-state index contributed by atoms with van der Waals surface area (Å²) in [6, 6.07) is 0. The first kappa shape index (κ1) is 19.5. The lowest BCUT2D eigenvalue weighted by atomic mass is 9.97. The predicted octanol–water partition coefficient (Wildman–Crippen LogP) is 5.00. The van der Waals surface area contributed by atoms with Crippen LogP contribution in [0.5, 0.6) is 0 Å². The quantitative estimate of drug-likeness (QED) is 0.216. The first-order valence-corrected chi connectivity index (χ1v) is 9.59. The van der Waals surface area contributed by atoms with Gasteiger partial charge in [-0.05, 0) is 32.1 Å². The SMILES string of the molecule is CCCCCC/C=C/[C@@H]1C2=C(O2)C(=O)/C1=C\CCCCCC(=O)OC. The van der Waals surface area contributed by atoms with Crippen LogP contribution in [0.3, 0.4) is 0 Å². The first-order chi connectivity index (χ1) is 12.2. The van der Waals surface area contributed by atoms with Gasteiger partial charge in [0.15, 0.2) is 5.76 Å². The van der Waals surface area contributed by atoms with Crippen molar-refractivity contribution in [2.45, 2.75) is 71.1 Å². The molecule has 0 aromatic carbocycles. The van der Waals surface area contributed by atoms with Crippen molar-refractivity contribution in [3.05, 3.63) is 35.3 Å². The van der Waals surface area contributed by atoms with Gasteiger partial charge in [0.2, 0.25) is 11.5 Å². The molecule has 0 unspecified atom stereocenters. The maximum absolute atomic E-state index is 12.2. The van der Waals surface area contributed by atoms with Crippen molar-refractivity contribution in [2.75, 3.05) is 7.11 Å². The molecule has 0 N–H and O–H groups in total. The second-order valence-electron chi connectivity index (χ2n) is 6.71. The molecule has 1 heterocycles. The standard InChI is InChI=1S/C21H30O4/c1-3-4-5-6-7-11-14-17-16(19(23)21-20(17)25-21)13-10-8-9-12-15-18(22)24-2/h11,13-14,17H,3-10,12,15H2,1-2H3/b14-11+,16-13-/t17-/m0/s1. The molecule has 1 aliphatic heterocycles. The molecule has 0 aromatic rings. The summed E-state index contributed by atoms with van der Waals surface area (Å²) in [5.74, 6) is 1.36. The number of unbranched alkanes of at least 4 members (excludes halogenated alkanes) is 7. The Hall–Kier alpha value is -1.84. The molecule has 2 aliphatic rings. The van der Waals surface area contributed by atoms with Gasteiger partial charge in [-0.25, -0.2) is 0 Å². The summed E-state index contributed by atoms with van der Waals surface area (Å²) in [6.45, 7) is 2.21. The maximum Gasteiger partial charge on any atom is 0.305 e. The molecule has 1 aliphatic carbocycles. The maximum atomic E-state index is 12.2. The lowest BCUT2D eigenvalue weighted by molar-refractivity contribution is -0.140. The van der Waals surface area contributed by atoms with E-state index in [4.69, 9.17) is 4.74 Å². The van der Waals surface area contributed by atoms with Crippen molar-refractivity contribution >= 4 is 11.8 Å². The van der Waals surface area contributed by atoms with E-state index in [0.717, 1.165) is 43.4 Å². The predicted molar refractivity (Wildman–Crippen MR) is 97.7 cm³/mol. The molecule has 138 valence electrons. The Morgan fingerprint density at radius 1 is 1.12 bits per heavy atom. The van der Waals surface area contributed by atoms with E-state index in [1.165, 1.54) is 32.8 Å². The van der Waals surface area contributed by atoms with Gasteiger partial charge in [0.25, 0.3) is 0 Å². The van der Waals surface area contributed by atoms with Crippen LogP contribution in [0.25, 0.3) is 0 Å². The fourth-order valence-corrected chi connectivity index (χ4v) is 3.14.